The summed E-state index contributed by atoms with van der Waals surface area (Å²) in [6.45, 7) is 8.20. The molecule has 1 aromatic heterocycles. The zero-order valence-electron chi connectivity index (χ0n) is 17.2. The lowest BCUT2D eigenvalue weighted by atomic mass is 10.1. The topological polar surface area (TPSA) is 93.9 Å². The molecule has 8 nitrogen and oxygen atoms in total. The summed E-state index contributed by atoms with van der Waals surface area (Å²) >= 11 is 0. The number of fused-ring (bicyclic) bond motifs is 1. The molecule has 0 fully saturated rings. The fourth-order valence-corrected chi connectivity index (χ4v) is 2.88. The molecule has 0 bridgehead atoms. The first-order valence-corrected chi connectivity index (χ1v) is 9.88. The van der Waals surface area contributed by atoms with Crippen molar-refractivity contribution < 1.29 is 23.5 Å². The van der Waals surface area contributed by atoms with E-state index in [0.717, 1.165) is 12.8 Å². The summed E-state index contributed by atoms with van der Waals surface area (Å²) in [6.07, 6.45) is 2.91. The van der Waals surface area contributed by atoms with Gasteiger partial charge in [-0.15, -0.1) is 0 Å². The van der Waals surface area contributed by atoms with Gasteiger partial charge in [0.05, 0.1) is 6.54 Å². The largest absolute Gasteiger partial charge is 0.454 e. The summed E-state index contributed by atoms with van der Waals surface area (Å²) in [5.41, 5.74) is 0.704. The van der Waals surface area contributed by atoms with E-state index < -0.39 is 0 Å². The van der Waals surface area contributed by atoms with Crippen molar-refractivity contribution in [1.29, 1.82) is 0 Å². The van der Waals surface area contributed by atoms with Gasteiger partial charge in [0.25, 0.3) is 11.8 Å². The van der Waals surface area contributed by atoms with Crippen molar-refractivity contribution in [3.05, 3.63) is 41.6 Å². The Morgan fingerprint density at radius 3 is 2.66 bits per heavy atom. The van der Waals surface area contributed by atoms with E-state index in [9.17, 15) is 9.59 Å². The first-order valence-electron chi connectivity index (χ1n) is 9.88. The fraction of sp³-hybridized carbons (Fsp3) is 0.476. The molecule has 156 valence electrons. The molecule has 2 atom stereocenters. The number of oxazole rings is 1. The van der Waals surface area contributed by atoms with Crippen LogP contribution in [0.3, 0.4) is 0 Å². The highest BCUT2D eigenvalue weighted by Crippen LogP contribution is 2.33. The molecule has 2 amide bonds. The van der Waals surface area contributed by atoms with Crippen molar-refractivity contribution in [2.24, 2.45) is 0 Å². The molecule has 0 saturated carbocycles. The molecule has 0 aliphatic carbocycles. The number of amides is 2. The van der Waals surface area contributed by atoms with Crippen LogP contribution in [0.4, 0.5) is 0 Å². The van der Waals surface area contributed by atoms with Gasteiger partial charge in [-0.05, 0) is 44.9 Å². The van der Waals surface area contributed by atoms with Crippen LogP contribution in [0.15, 0.2) is 28.9 Å². The normalized spacial score (nSPS) is 14.3. The molecule has 2 unspecified atom stereocenters. The Morgan fingerprint density at radius 2 is 1.93 bits per heavy atom. The van der Waals surface area contributed by atoms with Crippen LogP contribution in [-0.2, 0) is 6.54 Å². The van der Waals surface area contributed by atoms with Gasteiger partial charge in [-0.1, -0.05) is 13.8 Å². The molecule has 29 heavy (non-hydrogen) atoms. The second kappa shape index (κ2) is 8.98. The standard InChI is InChI=1S/C21H27N3O5/c1-5-13(3)22-20(25)16-11-27-19(23-16)10-24(14(4)6-2)21(26)15-7-8-17-18(9-15)29-12-28-17/h7-9,11,13-14H,5-6,10,12H2,1-4H3,(H,22,25). The first kappa shape index (κ1) is 20.7. The minimum absolute atomic E-state index is 0.0442. The van der Waals surface area contributed by atoms with Gasteiger partial charge in [-0.2, -0.15) is 0 Å². The van der Waals surface area contributed by atoms with Crippen LogP contribution in [-0.4, -0.2) is 40.6 Å². The number of hydrogen-bond acceptors (Lipinski definition) is 6. The Bertz CT molecular complexity index is 879. The van der Waals surface area contributed by atoms with Crippen LogP contribution in [0.25, 0.3) is 0 Å². The lowest BCUT2D eigenvalue weighted by molar-refractivity contribution is 0.0652. The van der Waals surface area contributed by atoms with Gasteiger partial charge in [0.15, 0.2) is 17.2 Å². The molecule has 0 radical (unpaired) electrons. The quantitative estimate of drug-likeness (QED) is 0.729. The molecule has 1 aliphatic heterocycles. The first-order chi connectivity index (χ1) is 13.9. The average Bonchev–Trinajstić information content (AvgIpc) is 3.39. The fourth-order valence-electron chi connectivity index (χ4n) is 2.88. The number of ether oxygens (including phenoxy) is 2. The van der Waals surface area contributed by atoms with E-state index in [-0.39, 0.29) is 42.9 Å². The van der Waals surface area contributed by atoms with Crippen molar-refractivity contribution in [2.45, 2.75) is 59.2 Å². The minimum atomic E-state index is -0.286. The summed E-state index contributed by atoms with van der Waals surface area (Å²) in [5.74, 6) is 1.04. The number of hydrogen-bond donors (Lipinski definition) is 1. The van der Waals surface area contributed by atoms with E-state index >= 15 is 0 Å². The van der Waals surface area contributed by atoms with Gasteiger partial charge < -0.3 is 24.1 Å². The monoisotopic (exact) mass is 401 g/mol. The van der Waals surface area contributed by atoms with Gasteiger partial charge in [0, 0.05) is 17.6 Å². The second-order valence-electron chi connectivity index (χ2n) is 7.17. The summed E-state index contributed by atoms with van der Waals surface area (Å²) in [4.78, 5) is 31.3. The molecule has 2 heterocycles. The molecule has 1 N–H and O–H groups in total. The highest BCUT2D eigenvalue weighted by atomic mass is 16.7. The highest BCUT2D eigenvalue weighted by Gasteiger charge is 2.25. The van der Waals surface area contributed by atoms with Crippen molar-refractivity contribution in [2.75, 3.05) is 6.79 Å². The van der Waals surface area contributed by atoms with Crippen molar-refractivity contribution in [3.63, 3.8) is 0 Å². The lowest BCUT2D eigenvalue weighted by Gasteiger charge is -2.27. The Kier molecular flexibility index (Phi) is 6.41. The number of nitrogens with one attached hydrogen (secondary N) is 1. The smallest absolute Gasteiger partial charge is 0.273 e. The molecule has 1 aromatic carbocycles. The number of nitrogens with zero attached hydrogens (tertiary/aromatic N) is 2. The zero-order valence-corrected chi connectivity index (χ0v) is 17.2. The third-order valence-corrected chi connectivity index (χ3v) is 5.08. The van der Waals surface area contributed by atoms with E-state index in [4.69, 9.17) is 13.9 Å². The van der Waals surface area contributed by atoms with Crippen LogP contribution in [0.5, 0.6) is 11.5 Å². The second-order valence-corrected chi connectivity index (χ2v) is 7.17. The van der Waals surface area contributed by atoms with E-state index in [0.29, 0.717) is 23.0 Å². The van der Waals surface area contributed by atoms with E-state index in [1.54, 1.807) is 23.1 Å². The summed E-state index contributed by atoms with van der Waals surface area (Å²) < 4.78 is 16.2. The van der Waals surface area contributed by atoms with Gasteiger partial charge >= 0.3 is 0 Å². The number of benzene rings is 1. The minimum Gasteiger partial charge on any atom is -0.454 e. The maximum absolute atomic E-state index is 13.2. The maximum atomic E-state index is 13.2. The van der Waals surface area contributed by atoms with Gasteiger partial charge in [0.2, 0.25) is 12.7 Å². The number of rotatable bonds is 8. The molecule has 0 saturated heterocycles. The number of carbonyl (C=O) groups is 2. The van der Waals surface area contributed by atoms with Crippen molar-refractivity contribution in [3.8, 4) is 11.5 Å². The summed E-state index contributed by atoms with van der Waals surface area (Å²) in [7, 11) is 0. The Hall–Kier alpha value is -3.03. The molecule has 1 aliphatic rings. The van der Waals surface area contributed by atoms with Gasteiger partial charge in [-0.25, -0.2) is 4.98 Å². The molecule has 2 aromatic rings. The average molecular weight is 401 g/mol. The third-order valence-electron chi connectivity index (χ3n) is 5.08. The van der Waals surface area contributed by atoms with Crippen LogP contribution < -0.4 is 14.8 Å². The summed E-state index contributed by atoms with van der Waals surface area (Å²) in [6, 6.07) is 5.13. The number of carbonyl (C=O) groups excluding carboxylic acids is 2. The molecular weight excluding hydrogens is 374 g/mol. The van der Waals surface area contributed by atoms with Crippen molar-refractivity contribution in [1.82, 2.24) is 15.2 Å². The third kappa shape index (κ3) is 4.70. The van der Waals surface area contributed by atoms with Gasteiger partial charge in [-0.3, -0.25) is 9.59 Å². The molecular formula is C21H27N3O5. The summed E-state index contributed by atoms with van der Waals surface area (Å²) in [5, 5.41) is 2.85. The zero-order chi connectivity index (χ0) is 21.0. The maximum Gasteiger partial charge on any atom is 0.273 e. The SMILES string of the molecule is CCC(C)NC(=O)c1coc(CN(C(=O)c2ccc3c(c2)OCO3)C(C)CC)n1. The molecule has 0 spiro atoms. The highest BCUT2D eigenvalue weighted by molar-refractivity contribution is 5.95. The predicted molar refractivity (Wildman–Crippen MR) is 106 cm³/mol. The molecule has 3 rings (SSSR count). The Labute approximate surface area is 170 Å². The van der Waals surface area contributed by atoms with E-state index in [2.05, 4.69) is 10.3 Å². The van der Waals surface area contributed by atoms with Crippen LogP contribution in [0, 0.1) is 0 Å². The van der Waals surface area contributed by atoms with E-state index in [1.807, 2.05) is 27.7 Å². The van der Waals surface area contributed by atoms with E-state index in [1.165, 1.54) is 6.26 Å². The van der Waals surface area contributed by atoms with Crippen LogP contribution >= 0.6 is 0 Å². The van der Waals surface area contributed by atoms with Gasteiger partial charge in [0.1, 0.15) is 6.26 Å². The predicted octanol–water partition coefficient (Wildman–Crippen LogP) is 3.37. The van der Waals surface area contributed by atoms with Crippen LogP contribution in [0.2, 0.25) is 0 Å². The Morgan fingerprint density at radius 1 is 1.17 bits per heavy atom. The van der Waals surface area contributed by atoms with Crippen LogP contribution in [0.1, 0.15) is 67.3 Å². The Balaban J connectivity index is 1.76. The molecule has 8 heteroatoms. The lowest BCUT2D eigenvalue weighted by Crippen LogP contribution is -2.38. The van der Waals surface area contributed by atoms with Crippen molar-refractivity contribution >= 4 is 11.8 Å². The number of aromatic nitrogens is 1.